The third kappa shape index (κ3) is 5.04. The van der Waals surface area contributed by atoms with Crippen molar-refractivity contribution in [3.63, 3.8) is 0 Å². The maximum atomic E-state index is 11.9. The van der Waals surface area contributed by atoms with Crippen LogP contribution < -0.4 is 0 Å². The Bertz CT molecular complexity index is 303. The quantitative estimate of drug-likeness (QED) is 0.701. The van der Waals surface area contributed by atoms with Gasteiger partial charge in [0.1, 0.15) is 0 Å². The first-order chi connectivity index (χ1) is 7.92. The molecule has 0 atom stereocenters. The maximum Gasteiger partial charge on any atom is 0.389 e. The van der Waals surface area contributed by atoms with E-state index in [4.69, 9.17) is 5.26 Å². The predicted molar refractivity (Wildman–Crippen MR) is 53.9 cm³/mol. The number of piperazine rings is 1. The van der Waals surface area contributed by atoms with Gasteiger partial charge in [-0.15, -0.1) is 0 Å². The molecule has 0 saturated carbocycles. The number of nitrogens with zero attached hydrogens (tertiary/aromatic N) is 3. The first-order valence-electron chi connectivity index (χ1n) is 5.36. The van der Waals surface area contributed by atoms with Gasteiger partial charge in [-0.05, 0) is 0 Å². The van der Waals surface area contributed by atoms with E-state index < -0.39 is 24.9 Å². The summed E-state index contributed by atoms with van der Waals surface area (Å²) in [6.45, 7) is 2.19. The van der Waals surface area contributed by atoms with Crippen molar-refractivity contribution in [1.29, 1.82) is 5.26 Å². The molecule has 0 N–H and O–H groups in total. The van der Waals surface area contributed by atoms with Crippen LogP contribution in [0.4, 0.5) is 13.2 Å². The summed E-state index contributed by atoms with van der Waals surface area (Å²) in [6, 6.07) is 2.00. The number of carbonyl (C=O) groups is 1. The minimum atomic E-state index is -4.28. The molecule has 1 rings (SSSR count). The molecule has 1 aliphatic heterocycles. The van der Waals surface area contributed by atoms with Crippen LogP contribution in [0.5, 0.6) is 0 Å². The van der Waals surface area contributed by atoms with E-state index in [-0.39, 0.29) is 0 Å². The molecular weight excluding hydrogens is 235 g/mol. The second kappa shape index (κ2) is 5.87. The molecule has 1 heterocycles. The van der Waals surface area contributed by atoms with Crippen molar-refractivity contribution in [2.45, 2.75) is 19.0 Å². The molecule has 1 aliphatic rings. The highest BCUT2D eigenvalue weighted by Gasteiger charge is 2.29. The maximum absolute atomic E-state index is 11.9. The van der Waals surface area contributed by atoms with Crippen molar-refractivity contribution < 1.29 is 18.0 Å². The van der Waals surface area contributed by atoms with Crippen LogP contribution in [0.3, 0.4) is 0 Å². The number of amides is 1. The Balaban J connectivity index is 2.29. The van der Waals surface area contributed by atoms with Crippen molar-refractivity contribution in [2.24, 2.45) is 0 Å². The van der Waals surface area contributed by atoms with Crippen LogP contribution in [-0.4, -0.2) is 54.6 Å². The number of hydrogen-bond acceptors (Lipinski definition) is 3. The number of rotatable bonds is 3. The predicted octanol–water partition coefficient (Wildman–Crippen LogP) is 0.997. The fourth-order valence-electron chi connectivity index (χ4n) is 1.66. The van der Waals surface area contributed by atoms with Gasteiger partial charge in [-0.3, -0.25) is 9.69 Å². The van der Waals surface area contributed by atoms with Gasteiger partial charge in [0.25, 0.3) is 0 Å². The Morgan fingerprint density at radius 2 is 1.82 bits per heavy atom. The van der Waals surface area contributed by atoms with E-state index in [0.717, 1.165) is 0 Å². The number of carbonyl (C=O) groups excluding carboxylic acids is 1. The summed E-state index contributed by atoms with van der Waals surface area (Å²) in [4.78, 5) is 14.8. The fraction of sp³-hybridized carbons (Fsp3) is 0.800. The Hall–Kier alpha value is -1.29. The molecule has 0 aliphatic carbocycles. The van der Waals surface area contributed by atoms with Crippen LogP contribution in [0.25, 0.3) is 0 Å². The average molecular weight is 249 g/mol. The summed E-state index contributed by atoms with van der Waals surface area (Å²) in [5.74, 6) is -0.459. The molecule has 0 spiro atoms. The summed E-state index contributed by atoms with van der Waals surface area (Å²) in [6.07, 6.45) is -5.83. The Morgan fingerprint density at radius 1 is 1.24 bits per heavy atom. The molecule has 1 saturated heterocycles. The third-order valence-electron chi connectivity index (χ3n) is 2.64. The lowest BCUT2D eigenvalue weighted by molar-refractivity contribution is -0.150. The minimum Gasteiger partial charge on any atom is -0.340 e. The Labute approximate surface area is 97.6 Å². The highest BCUT2D eigenvalue weighted by atomic mass is 19.4. The molecule has 1 amide bonds. The minimum absolute atomic E-state index is 0.296. The molecular formula is C10H14F3N3O. The fourth-order valence-corrected chi connectivity index (χ4v) is 1.66. The van der Waals surface area contributed by atoms with Crippen LogP contribution in [-0.2, 0) is 4.79 Å². The molecule has 17 heavy (non-hydrogen) atoms. The zero-order valence-electron chi connectivity index (χ0n) is 9.33. The van der Waals surface area contributed by atoms with Gasteiger partial charge in [0.15, 0.2) is 0 Å². The van der Waals surface area contributed by atoms with Crippen molar-refractivity contribution >= 4 is 5.91 Å². The van der Waals surface area contributed by atoms with Crippen molar-refractivity contribution in [3.05, 3.63) is 0 Å². The summed E-state index contributed by atoms with van der Waals surface area (Å²) in [7, 11) is 0. The van der Waals surface area contributed by atoms with Gasteiger partial charge in [0, 0.05) is 32.6 Å². The van der Waals surface area contributed by atoms with E-state index >= 15 is 0 Å². The first kappa shape index (κ1) is 13.8. The standard InChI is InChI=1S/C10H14F3N3O/c11-10(12,13)2-1-9(17)16-7-5-15(4-3-14)6-8-16/h1-2,4-8H2. The molecule has 0 bridgehead atoms. The van der Waals surface area contributed by atoms with Gasteiger partial charge in [-0.2, -0.15) is 18.4 Å². The summed E-state index contributed by atoms with van der Waals surface area (Å²) >= 11 is 0. The smallest absolute Gasteiger partial charge is 0.340 e. The summed E-state index contributed by atoms with van der Waals surface area (Å²) in [5.41, 5.74) is 0. The van der Waals surface area contributed by atoms with Gasteiger partial charge in [0.05, 0.1) is 19.0 Å². The highest BCUT2D eigenvalue weighted by Crippen LogP contribution is 2.22. The number of halogens is 3. The second-order valence-corrected chi connectivity index (χ2v) is 3.93. The van der Waals surface area contributed by atoms with Crippen LogP contribution >= 0.6 is 0 Å². The highest BCUT2D eigenvalue weighted by molar-refractivity contribution is 5.76. The molecule has 0 aromatic carbocycles. The summed E-state index contributed by atoms with van der Waals surface area (Å²) in [5, 5.41) is 8.47. The van der Waals surface area contributed by atoms with E-state index in [1.807, 2.05) is 11.0 Å². The first-order valence-corrected chi connectivity index (χ1v) is 5.36. The van der Waals surface area contributed by atoms with Crippen molar-refractivity contribution in [3.8, 4) is 6.07 Å². The van der Waals surface area contributed by atoms with Crippen molar-refractivity contribution in [1.82, 2.24) is 9.80 Å². The lowest BCUT2D eigenvalue weighted by atomic mass is 10.2. The molecule has 0 aromatic rings. The Morgan fingerprint density at radius 3 is 2.29 bits per heavy atom. The molecule has 7 heteroatoms. The van der Waals surface area contributed by atoms with Crippen LogP contribution in [0, 0.1) is 11.3 Å². The van der Waals surface area contributed by atoms with Crippen LogP contribution in [0.15, 0.2) is 0 Å². The SMILES string of the molecule is N#CCN1CCN(C(=O)CCC(F)(F)F)CC1. The average Bonchev–Trinajstić information content (AvgIpc) is 2.26. The second-order valence-electron chi connectivity index (χ2n) is 3.93. The van der Waals surface area contributed by atoms with E-state index in [1.54, 1.807) is 0 Å². The van der Waals surface area contributed by atoms with Crippen molar-refractivity contribution in [2.75, 3.05) is 32.7 Å². The zero-order valence-corrected chi connectivity index (χ0v) is 9.33. The number of nitriles is 1. The molecule has 96 valence electrons. The van der Waals surface area contributed by atoms with E-state index in [0.29, 0.717) is 32.7 Å². The molecule has 0 aromatic heterocycles. The van der Waals surface area contributed by atoms with Gasteiger partial charge in [-0.1, -0.05) is 0 Å². The van der Waals surface area contributed by atoms with E-state index in [9.17, 15) is 18.0 Å². The molecule has 1 fully saturated rings. The normalized spacial score (nSPS) is 17.9. The van der Waals surface area contributed by atoms with Crippen LogP contribution in [0.1, 0.15) is 12.8 Å². The van der Waals surface area contributed by atoms with Gasteiger partial charge in [-0.25, -0.2) is 0 Å². The topological polar surface area (TPSA) is 47.3 Å². The largest absolute Gasteiger partial charge is 0.389 e. The number of alkyl halides is 3. The Kier molecular flexibility index (Phi) is 4.75. The molecule has 0 unspecified atom stereocenters. The molecule has 0 radical (unpaired) electrons. The van der Waals surface area contributed by atoms with Gasteiger partial charge >= 0.3 is 6.18 Å². The number of hydrogen-bond donors (Lipinski definition) is 0. The van der Waals surface area contributed by atoms with Gasteiger partial charge in [0.2, 0.25) is 5.91 Å². The van der Waals surface area contributed by atoms with E-state index in [2.05, 4.69) is 0 Å². The molecule has 4 nitrogen and oxygen atoms in total. The summed E-state index contributed by atoms with van der Waals surface area (Å²) < 4.78 is 35.8. The lowest BCUT2D eigenvalue weighted by Gasteiger charge is -2.33. The monoisotopic (exact) mass is 249 g/mol. The van der Waals surface area contributed by atoms with E-state index in [1.165, 1.54) is 4.90 Å². The van der Waals surface area contributed by atoms with Crippen LogP contribution in [0.2, 0.25) is 0 Å². The lowest BCUT2D eigenvalue weighted by Crippen LogP contribution is -2.48. The van der Waals surface area contributed by atoms with Gasteiger partial charge < -0.3 is 4.90 Å². The third-order valence-corrected chi connectivity index (χ3v) is 2.64. The zero-order chi connectivity index (χ0) is 12.9.